The van der Waals surface area contributed by atoms with Gasteiger partial charge in [-0.15, -0.1) is 0 Å². The highest BCUT2D eigenvalue weighted by Gasteiger charge is 2.51. The van der Waals surface area contributed by atoms with Crippen molar-refractivity contribution in [2.75, 3.05) is 14.7 Å². The summed E-state index contributed by atoms with van der Waals surface area (Å²) in [5.74, 6) is 0. The van der Waals surface area contributed by atoms with E-state index in [4.69, 9.17) is 0 Å². The lowest BCUT2D eigenvalue weighted by atomic mass is 9.70. The third-order valence-electron chi connectivity index (χ3n) is 14.2. The number of benzene rings is 11. The molecule has 2 aliphatic rings. The van der Waals surface area contributed by atoms with Gasteiger partial charge in [0.1, 0.15) is 0 Å². The Bertz CT molecular complexity index is 3390. The fourth-order valence-corrected chi connectivity index (χ4v) is 11.3. The van der Waals surface area contributed by atoms with Crippen LogP contribution in [0.3, 0.4) is 0 Å². The molecular formula is C67H47N3. The first-order valence-corrected chi connectivity index (χ1v) is 24.1. The van der Waals surface area contributed by atoms with Gasteiger partial charge in [-0.2, -0.15) is 0 Å². The molecule has 0 radical (unpaired) electrons. The average molecular weight is 894 g/mol. The van der Waals surface area contributed by atoms with Gasteiger partial charge in [-0.05, 0) is 159 Å². The fourth-order valence-electron chi connectivity index (χ4n) is 11.3. The lowest BCUT2D eigenvalue weighted by Crippen LogP contribution is -2.25. The van der Waals surface area contributed by atoms with Crippen LogP contribution < -0.4 is 14.7 Å². The van der Waals surface area contributed by atoms with Crippen LogP contribution >= 0.6 is 0 Å². The van der Waals surface area contributed by atoms with Crippen LogP contribution in [0.25, 0.3) is 33.4 Å². The Labute approximate surface area is 410 Å². The van der Waals surface area contributed by atoms with E-state index in [0.29, 0.717) is 0 Å². The van der Waals surface area contributed by atoms with Crippen LogP contribution in [0.2, 0.25) is 0 Å². The van der Waals surface area contributed by atoms with Gasteiger partial charge in [0.2, 0.25) is 0 Å². The van der Waals surface area contributed by atoms with E-state index in [2.05, 4.69) is 300 Å². The molecule has 0 saturated carbocycles. The van der Waals surface area contributed by atoms with E-state index >= 15 is 0 Å². The summed E-state index contributed by atoms with van der Waals surface area (Å²) in [5.41, 5.74) is 22.2. The zero-order valence-electron chi connectivity index (χ0n) is 38.5. The summed E-state index contributed by atoms with van der Waals surface area (Å²) in [6.07, 6.45) is 0. The Morgan fingerprint density at radius 3 is 0.857 bits per heavy atom. The van der Waals surface area contributed by atoms with Gasteiger partial charge >= 0.3 is 0 Å². The molecule has 0 N–H and O–H groups in total. The largest absolute Gasteiger partial charge is 0.310 e. The highest BCUT2D eigenvalue weighted by Crippen LogP contribution is 2.63. The summed E-state index contributed by atoms with van der Waals surface area (Å²) >= 11 is 0. The number of para-hydroxylation sites is 4. The molecule has 70 heavy (non-hydrogen) atoms. The second kappa shape index (κ2) is 17.2. The molecule has 11 aromatic carbocycles. The maximum atomic E-state index is 2.47. The van der Waals surface area contributed by atoms with Gasteiger partial charge in [-0.1, -0.05) is 182 Å². The van der Waals surface area contributed by atoms with Crippen molar-refractivity contribution in [1.29, 1.82) is 0 Å². The Morgan fingerprint density at radius 1 is 0.186 bits per heavy atom. The molecule has 0 aromatic heterocycles. The van der Waals surface area contributed by atoms with E-state index in [-0.39, 0.29) is 0 Å². The van der Waals surface area contributed by atoms with Crippen molar-refractivity contribution in [3.05, 3.63) is 307 Å². The zero-order chi connectivity index (χ0) is 46.4. The quantitative estimate of drug-likeness (QED) is 0.135. The molecule has 2 aliphatic carbocycles. The summed E-state index contributed by atoms with van der Waals surface area (Å²) in [4.78, 5) is 7.04. The van der Waals surface area contributed by atoms with E-state index < -0.39 is 5.41 Å². The van der Waals surface area contributed by atoms with E-state index in [1.807, 2.05) is 0 Å². The molecule has 3 nitrogen and oxygen atoms in total. The van der Waals surface area contributed by atoms with Crippen LogP contribution in [-0.4, -0.2) is 0 Å². The van der Waals surface area contributed by atoms with Crippen LogP contribution in [0.5, 0.6) is 0 Å². The van der Waals surface area contributed by atoms with E-state index in [0.717, 1.165) is 51.2 Å². The summed E-state index contributed by atoms with van der Waals surface area (Å²) in [6.45, 7) is 0. The van der Waals surface area contributed by atoms with Crippen molar-refractivity contribution in [2.24, 2.45) is 0 Å². The van der Waals surface area contributed by atoms with Crippen molar-refractivity contribution in [2.45, 2.75) is 5.41 Å². The van der Waals surface area contributed by atoms with Crippen LogP contribution in [0.4, 0.5) is 51.2 Å². The van der Waals surface area contributed by atoms with Gasteiger partial charge in [0.15, 0.2) is 0 Å². The van der Waals surface area contributed by atoms with Crippen molar-refractivity contribution < 1.29 is 0 Å². The first kappa shape index (κ1) is 41.0. The maximum absolute atomic E-state index is 2.47. The molecule has 0 fully saturated rings. The van der Waals surface area contributed by atoms with Crippen LogP contribution in [0.15, 0.2) is 285 Å². The van der Waals surface area contributed by atoms with Gasteiger partial charge in [0.25, 0.3) is 0 Å². The minimum atomic E-state index is -0.400. The standard InChI is InChI=1S/C67H47N3/c1-5-21-50(22-6-1)68(51-23-7-2-8-24-51)55-29-19-31-57(46-55)70(58-32-20-30-56(47-58)69(52-25-9-3-10-26-52)53-27-11-4-12-28-53)54-42-39-48(40-43-54)49-41-44-62-61-35-15-18-38-65(61)67(66(62)45-49)63-36-16-13-33-59(63)60-34-14-17-37-64(60)67/h1-47H. The molecule has 0 aliphatic heterocycles. The normalized spacial score (nSPS) is 12.4. The number of hydrogen-bond acceptors (Lipinski definition) is 3. The lowest BCUT2D eigenvalue weighted by Gasteiger charge is -2.31. The van der Waals surface area contributed by atoms with Crippen molar-refractivity contribution in [1.82, 2.24) is 0 Å². The van der Waals surface area contributed by atoms with Crippen LogP contribution in [-0.2, 0) is 5.41 Å². The van der Waals surface area contributed by atoms with Crippen LogP contribution in [0.1, 0.15) is 22.3 Å². The second-order valence-corrected chi connectivity index (χ2v) is 18.1. The lowest BCUT2D eigenvalue weighted by molar-refractivity contribution is 0.794. The van der Waals surface area contributed by atoms with Crippen LogP contribution in [0, 0.1) is 0 Å². The Morgan fingerprint density at radius 2 is 0.471 bits per heavy atom. The predicted octanol–water partition coefficient (Wildman–Crippen LogP) is 18.1. The number of nitrogens with zero attached hydrogens (tertiary/aromatic N) is 3. The minimum absolute atomic E-state index is 0.400. The van der Waals surface area contributed by atoms with Gasteiger partial charge < -0.3 is 14.7 Å². The van der Waals surface area contributed by atoms with Crippen molar-refractivity contribution in [3.8, 4) is 33.4 Å². The molecule has 13 rings (SSSR count). The van der Waals surface area contributed by atoms with Crippen molar-refractivity contribution in [3.63, 3.8) is 0 Å². The van der Waals surface area contributed by atoms with E-state index in [1.54, 1.807) is 0 Å². The molecule has 0 unspecified atom stereocenters. The van der Waals surface area contributed by atoms with E-state index in [1.165, 1.54) is 55.6 Å². The molecule has 11 aromatic rings. The second-order valence-electron chi connectivity index (χ2n) is 18.1. The van der Waals surface area contributed by atoms with Gasteiger partial charge in [0, 0.05) is 51.2 Å². The Kier molecular flexibility index (Phi) is 10.1. The molecule has 330 valence electrons. The Balaban J connectivity index is 0.954. The zero-order valence-corrected chi connectivity index (χ0v) is 38.5. The molecular weight excluding hydrogens is 847 g/mol. The predicted molar refractivity (Wildman–Crippen MR) is 292 cm³/mol. The molecule has 0 atom stereocenters. The number of rotatable bonds is 10. The molecule has 0 heterocycles. The topological polar surface area (TPSA) is 9.72 Å². The summed E-state index contributed by atoms with van der Waals surface area (Å²) in [7, 11) is 0. The number of anilines is 9. The SMILES string of the molecule is c1ccc(N(c2ccccc2)c2cccc(N(c3ccc(-c4ccc5c(c4)C4(c6ccccc6-c6ccccc64)c4ccccc4-5)cc3)c3cccc(N(c4ccccc4)c4ccccc4)c3)c2)cc1. The molecule has 3 heteroatoms. The smallest absolute Gasteiger partial charge is 0.0725 e. The maximum Gasteiger partial charge on any atom is 0.0725 e. The third-order valence-corrected chi connectivity index (χ3v) is 14.2. The highest BCUT2D eigenvalue weighted by atomic mass is 15.2. The molecule has 1 spiro atoms. The van der Waals surface area contributed by atoms with Gasteiger partial charge in [-0.3, -0.25) is 0 Å². The van der Waals surface area contributed by atoms with Crippen molar-refractivity contribution >= 4 is 51.2 Å². The first-order valence-electron chi connectivity index (χ1n) is 24.1. The monoisotopic (exact) mass is 893 g/mol. The first-order chi connectivity index (χ1) is 34.7. The Hall–Kier alpha value is -9.18. The summed E-state index contributed by atoms with van der Waals surface area (Å²) in [5, 5.41) is 0. The third kappa shape index (κ3) is 6.74. The van der Waals surface area contributed by atoms with Gasteiger partial charge in [-0.25, -0.2) is 0 Å². The van der Waals surface area contributed by atoms with E-state index in [9.17, 15) is 0 Å². The molecule has 0 amide bonds. The highest BCUT2D eigenvalue weighted by molar-refractivity contribution is 5.96. The number of hydrogen-bond donors (Lipinski definition) is 0. The molecule has 0 saturated heterocycles. The fraction of sp³-hybridized carbons (Fsp3) is 0.0149. The minimum Gasteiger partial charge on any atom is -0.310 e. The van der Waals surface area contributed by atoms with Gasteiger partial charge in [0.05, 0.1) is 5.41 Å². The number of fused-ring (bicyclic) bond motifs is 10. The summed E-state index contributed by atoms with van der Waals surface area (Å²) in [6, 6.07) is 104. The summed E-state index contributed by atoms with van der Waals surface area (Å²) < 4.78 is 0. The average Bonchev–Trinajstić information content (AvgIpc) is 3.90. The molecule has 0 bridgehead atoms.